The zero-order chi connectivity index (χ0) is 19.3. The maximum atomic E-state index is 13.0. The van der Waals surface area contributed by atoms with Crippen molar-refractivity contribution in [3.8, 4) is 0 Å². The average molecular weight is 372 g/mol. The van der Waals surface area contributed by atoms with Gasteiger partial charge in [0.15, 0.2) is 6.61 Å². The number of carbonyl (C=O) groups excluding carboxylic acids is 2. The molecule has 1 aliphatic rings. The molecule has 0 spiro atoms. The number of nitrogens with zero attached hydrogens (tertiary/aromatic N) is 1. The number of hydrogen-bond donors (Lipinski definition) is 1. The van der Waals surface area contributed by atoms with E-state index >= 15 is 0 Å². The highest BCUT2D eigenvalue weighted by molar-refractivity contribution is 5.93. The van der Waals surface area contributed by atoms with E-state index in [1.54, 1.807) is 0 Å². The summed E-state index contributed by atoms with van der Waals surface area (Å²) in [6, 6.07) is 1.95. The second-order valence-electron chi connectivity index (χ2n) is 5.66. The Balaban J connectivity index is 1.98. The summed E-state index contributed by atoms with van der Waals surface area (Å²) in [5, 5.41) is 12.6. The van der Waals surface area contributed by atoms with Crippen molar-refractivity contribution in [1.29, 1.82) is 0 Å². The van der Waals surface area contributed by atoms with Crippen molar-refractivity contribution >= 4 is 23.3 Å². The Bertz CT molecular complexity index is 746. The minimum atomic E-state index is -4.90. The second kappa shape index (κ2) is 7.98. The van der Waals surface area contributed by atoms with Gasteiger partial charge in [-0.15, -0.1) is 0 Å². The first-order chi connectivity index (χ1) is 12.2. The Morgan fingerprint density at radius 2 is 2.08 bits per heavy atom. The van der Waals surface area contributed by atoms with Crippen LogP contribution >= 0.6 is 0 Å². The molecule has 1 aliphatic carbocycles. The van der Waals surface area contributed by atoms with Crippen molar-refractivity contribution in [2.75, 3.05) is 11.9 Å². The van der Waals surface area contributed by atoms with E-state index < -0.39 is 46.5 Å². The second-order valence-corrected chi connectivity index (χ2v) is 5.66. The number of nitrogens with one attached hydrogen (secondary N) is 1. The molecule has 0 saturated carbocycles. The lowest BCUT2D eigenvalue weighted by Crippen LogP contribution is -2.23. The lowest BCUT2D eigenvalue weighted by Gasteiger charge is -2.14. The predicted molar refractivity (Wildman–Crippen MR) is 84.2 cm³/mol. The normalized spacial score (nSPS) is 16.3. The molecular formula is C16H15F3N2O5. The van der Waals surface area contributed by atoms with E-state index in [2.05, 4.69) is 0 Å². The number of hydrogen-bond acceptors (Lipinski definition) is 5. The number of benzene rings is 1. The monoisotopic (exact) mass is 372 g/mol. The lowest BCUT2D eigenvalue weighted by atomic mass is 10.1. The first-order valence-corrected chi connectivity index (χ1v) is 7.64. The number of amides is 1. The van der Waals surface area contributed by atoms with Gasteiger partial charge in [0.2, 0.25) is 0 Å². The van der Waals surface area contributed by atoms with Gasteiger partial charge in [-0.1, -0.05) is 12.2 Å². The molecule has 1 amide bonds. The highest BCUT2D eigenvalue weighted by Gasteiger charge is 2.35. The molecule has 2 rings (SSSR count). The SMILES string of the molecule is O=C(COC(=O)C[C@H]1C=CCC1)Nc1ccc([N+](=O)[O-])cc1C(F)(F)F. The number of non-ortho nitro benzene ring substituents is 1. The number of nitro benzene ring substituents is 1. The van der Waals surface area contributed by atoms with Crippen molar-refractivity contribution < 1.29 is 32.4 Å². The van der Waals surface area contributed by atoms with Gasteiger partial charge >= 0.3 is 12.1 Å². The number of allylic oxidation sites excluding steroid dienone is 2. The molecule has 0 radical (unpaired) electrons. The highest BCUT2D eigenvalue weighted by Crippen LogP contribution is 2.37. The smallest absolute Gasteiger partial charge is 0.418 e. The van der Waals surface area contributed by atoms with Gasteiger partial charge in [0.05, 0.1) is 22.6 Å². The molecule has 1 N–H and O–H groups in total. The van der Waals surface area contributed by atoms with E-state index in [0.29, 0.717) is 6.07 Å². The molecule has 1 aromatic rings. The minimum Gasteiger partial charge on any atom is -0.456 e. The quantitative estimate of drug-likeness (QED) is 0.357. The predicted octanol–water partition coefficient (Wildman–Crippen LogP) is 3.45. The third-order valence-electron chi connectivity index (χ3n) is 3.70. The molecular weight excluding hydrogens is 357 g/mol. The Kier molecular flexibility index (Phi) is 5.96. The third-order valence-corrected chi connectivity index (χ3v) is 3.70. The topological polar surface area (TPSA) is 98.5 Å². The first kappa shape index (κ1) is 19.4. The van der Waals surface area contributed by atoms with Crippen molar-refractivity contribution in [3.63, 3.8) is 0 Å². The van der Waals surface area contributed by atoms with Gasteiger partial charge in [-0.25, -0.2) is 0 Å². The van der Waals surface area contributed by atoms with Crippen LogP contribution in [0.4, 0.5) is 24.5 Å². The Morgan fingerprint density at radius 1 is 1.35 bits per heavy atom. The molecule has 26 heavy (non-hydrogen) atoms. The molecule has 140 valence electrons. The molecule has 0 saturated heterocycles. The van der Waals surface area contributed by atoms with E-state index in [9.17, 15) is 32.9 Å². The number of halogens is 3. The molecule has 0 aromatic heterocycles. The fraction of sp³-hybridized carbons (Fsp3) is 0.375. The van der Waals surface area contributed by atoms with Crippen LogP contribution in [0.25, 0.3) is 0 Å². The number of esters is 1. The minimum absolute atomic E-state index is 0.0389. The summed E-state index contributed by atoms with van der Waals surface area (Å²) in [4.78, 5) is 33.0. The van der Waals surface area contributed by atoms with Crippen LogP contribution < -0.4 is 5.32 Å². The first-order valence-electron chi connectivity index (χ1n) is 7.64. The van der Waals surface area contributed by atoms with Crippen LogP contribution in [0.1, 0.15) is 24.8 Å². The lowest BCUT2D eigenvalue weighted by molar-refractivity contribution is -0.385. The van der Waals surface area contributed by atoms with Crippen molar-refractivity contribution in [1.82, 2.24) is 0 Å². The van der Waals surface area contributed by atoms with Gasteiger partial charge in [0.1, 0.15) is 0 Å². The number of alkyl halides is 3. The molecule has 0 heterocycles. The number of ether oxygens (including phenoxy) is 1. The van der Waals surface area contributed by atoms with E-state index in [-0.39, 0.29) is 12.3 Å². The van der Waals surface area contributed by atoms with E-state index in [1.807, 2.05) is 17.5 Å². The van der Waals surface area contributed by atoms with Gasteiger partial charge in [0, 0.05) is 12.1 Å². The van der Waals surface area contributed by atoms with Crippen LogP contribution in [0.15, 0.2) is 30.4 Å². The molecule has 0 aliphatic heterocycles. The maximum Gasteiger partial charge on any atom is 0.418 e. The van der Waals surface area contributed by atoms with Crippen molar-refractivity contribution in [3.05, 3.63) is 46.0 Å². The third kappa shape index (κ3) is 5.30. The van der Waals surface area contributed by atoms with Crippen LogP contribution in [0.2, 0.25) is 0 Å². The highest BCUT2D eigenvalue weighted by atomic mass is 19.4. The van der Waals surface area contributed by atoms with E-state index in [0.717, 1.165) is 25.0 Å². The van der Waals surface area contributed by atoms with Gasteiger partial charge < -0.3 is 10.1 Å². The maximum absolute atomic E-state index is 13.0. The summed E-state index contributed by atoms with van der Waals surface area (Å²) < 4.78 is 43.8. The van der Waals surface area contributed by atoms with Crippen LogP contribution in [-0.2, 0) is 20.5 Å². The van der Waals surface area contributed by atoms with Crippen LogP contribution in [0.5, 0.6) is 0 Å². The summed E-state index contributed by atoms with van der Waals surface area (Å²) in [6.45, 7) is -0.746. The molecule has 1 aromatic carbocycles. The number of anilines is 1. The molecule has 0 unspecified atom stereocenters. The number of rotatable bonds is 6. The zero-order valence-corrected chi connectivity index (χ0v) is 13.4. The van der Waals surface area contributed by atoms with Crippen molar-refractivity contribution in [2.45, 2.75) is 25.4 Å². The Hall–Kier alpha value is -2.91. The number of carbonyl (C=O) groups is 2. The molecule has 0 bridgehead atoms. The van der Waals surface area contributed by atoms with Crippen molar-refractivity contribution in [2.24, 2.45) is 5.92 Å². The molecule has 7 nitrogen and oxygen atoms in total. The van der Waals surface area contributed by atoms with Crippen LogP contribution in [0.3, 0.4) is 0 Å². The molecule has 0 fully saturated rings. The van der Waals surface area contributed by atoms with Crippen LogP contribution in [-0.4, -0.2) is 23.4 Å². The fourth-order valence-corrected chi connectivity index (χ4v) is 2.46. The zero-order valence-electron chi connectivity index (χ0n) is 13.4. The Morgan fingerprint density at radius 3 is 2.65 bits per heavy atom. The average Bonchev–Trinajstić information content (AvgIpc) is 3.05. The summed E-state index contributed by atoms with van der Waals surface area (Å²) >= 11 is 0. The standard InChI is InChI=1S/C16H15F3N2O5/c17-16(18,19)12-8-11(21(24)25)5-6-13(12)20-14(22)9-26-15(23)7-10-3-1-2-4-10/h1,3,5-6,8,10H,2,4,7,9H2,(H,20,22)/t10-/m0/s1. The van der Waals surface area contributed by atoms with Gasteiger partial charge in [0.25, 0.3) is 11.6 Å². The van der Waals surface area contributed by atoms with Gasteiger partial charge in [-0.05, 0) is 24.8 Å². The summed E-state index contributed by atoms with van der Waals surface area (Å²) in [6.07, 6.45) is 0.652. The largest absolute Gasteiger partial charge is 0.456 e. The van der Waals surface area contributed by atoms with Gasteiger partial charge in [-0.3, -0.25) is 19.7 Å². The Labute approximate surface area is 146 Å². The van der Waals surface area contributed by atoms with Crippen LogP contribution in [0, 0.1) is 16.0 Å². The fourth-order valence-electron chi connectivity index (χ4n) is 2.46. The summed E-state index contributed by atoms with van der Waals surface area (Å²) in [7, 11) is 0. The van der Waals surface area contributed by atoms with E-state index in [1.165, 1.54) is 0 Å². The summed E-state index contributed by atoms with van der Waals surface area (Å²) in [5.74, 6) is -1.56. The van der Waals surface area contributed by atoms with Gasteiger partial charge in [-0.2, -0.15) is 13.2 Å². The molecule has 1 atom stereocenters. The van der Waals surface area contributed by atoms with E-state index in [4.69, 9.17) is 4.74 Å². The number of nitro groups is 1. The molecule has 10 heteroatoms. The summed E-state index contributed by atoms with van der Waals surface area (Å²) in [5.41, 5.74) is -2.77.